The molecule has 0 bridgehead atoms. The van der Waals surface area contributed by atoms with Crippen molar-refractivity contribution in [1.82, 2.24) is 4.98 Å². The molecule has 3 nitrogen and oxygen atoms in total. The van der Waals surface area contributed by atoms with Crippen LogP contribution in [-0.2, 0) is 12.3 Å². The first kappa shape index (κ1) is 14.7. The molecular weight excluding hydrogens is 274 g/mol. The van der Waals surface area contributed by atoms with Crippen LogP contribution in [0, 0.1) is 0 Å². The van der Waals surface area contributed by atoms with Gasteiger partial charge in [-0.25, -0.2) is 0 Å². The van der Waals surface area contributed by atoms with Crippen LogP contribution < -0.4 is 9.47 Å². The Balaban J connectivity index is 1.87. The molecule has 0 saturated heterocycles. The number of halogens is 1. The second kappa shape index (κ2) is 7.75. The molecule has 1 aromatic heterocycles. The molecule has 0 fully saturated rings. The first-order valence-electron chi connectivity index (χ1n) is 6.59. The third-order valence-electron chi connectivity index (χ3n) is 2.96. The van der Waals surface area contributed by atoms with Crippen LogP contribution in [0.15, 0.2) is 42.6 Å². The molecule has 1 heterocycles. The molecule has 2 aromatic rings. The topological polar surface area (TPSA) is 31.4 Å². The zero-order valence-electron chi connectivity index (χ0n) is 11.5. The molecule has 0 unspecified atom stereocenters. The number of alkyl halides is 1. The quantitative estimate of drug-likeness (QED) is 0.574. The van der Waals surface area contributed by atoms with Crippen LogP contribution in [-0.4, -0.2) is 18.7 Å². The molecule has 0 aliphatic heterocycles. The SMILES string of the molecule is COc1cnc(CCl)cc1OCCCc1ccccc1. The smallest absolute Gasteiger partial charge is 0.179 e. The fourth-order valence-corrected chi connectivity index (χ4v) is 2.05. The summed E-state index contributed by atoms with van der Waals surface area (Å²) in [7, 11) is 1.61. The normalized spacial score (nSPS) is 10.3. The van der Waals surface area contributed by atoms with Crippen molar-refractivity contribution in [3.63, 3.8) is 0 Å². The van der Waals surface area contributed by atoms with E-state index in [0.29, 0.717) is 24.0 Å². The minimum absolute atomic E-state index is 0.365. The Bertz CT molecular complexity index is 531. The Labute approximate surface area is 124 Å². The van der Waals surface area contributed by atoms with E-state index in [2.05, 4.69) is 29.2 Å². The molecule has 0 N–H and O–H groups in total. The van der Waals surface area contributed by atoms with Gasteiger partial charge in [-0.15, -0.1) is 11.6 Å². The Hall–Kier alpha value is -1.74. The number of methoxy groups -OCH3 is 1. The van der Waals surface area contributed by atoms with Crippen molar-refractivity contribution < 1.29 is 9.47 Å². The summed E-state index contributed by atoms with van der Waals surface area (Å²) >= 11 is 5.78. The van der Waals surface area contributed by atoms with Gasteiger partial charge in [-0.1, -0.05) is 30.3 Å². The van der Waals surface area contributed by atoms with E-state index in [0.717, 1.165) is 18.5 Å². The van der Waals surface area contributed by atoms with Crippen molar-refractivity contribution in [2.24, 2.45) is 0 Å². The Morgan fingerprint density at radius 2 is 1.95 bits per heavy atom. The fraction of sp³-hybridized carbons (Fsp3) is 0.312. The van der Waals surface area contributed by atoms with E-state index in [9.17, 15) is 0 Å². The molecule has 1 aromatic carbocycles. The number of hydrogen-bond donors (Lipinski definition) is 0. The fourth-order valence-electron chi connectivity index (χ4n) is 1.91. The van der Waals surface area contributed by atoms with Crippen molar-refractivity contribution in [2.45, 2.75) is 18.7 Å². The Kier molecular flexibility index (Phi) is 5.69. The van der Waals surface area contributed by atoms with Crippen LogP contribution in [0.2, 0.25) is 0 Å². The maximum Gasteiger partial charge on any atom is 0.179 e. The van der Waals surface area contributed by atoms with Gasteiger partial charge in [0.2, 0.25) is 0 Å². The number of ether oxygens (including phenoxy) is 2. The predicted molar refractivity (Wildman–Crippen MR) is 80.6 cm³/mol. The van der Waals surface area contributed by atoms with E-state index in [1.807, 2.05) is 12.1 Å². The van der Waals surface area contributed by atoms with E-state index in [-0.39, 0.29) is 0 Å². The minimum atomic E-state index is 0.365. The van der Waals surface area contributed by atoms with E-state index in [1.54, 1.807) is 13.3 Å². The van der Waals surface area contributed by atoms with E-state index >= 15 is 0 Å². The van der Waals surface area contributed by atoms with Crippen molar-refractivity contribution in [3.05, 3.63) is 53.9 Å². The van der Waals surface area contributed by atoms with E-state index < -0.39 is 0 Å². The molecule has 2 rings (SSSR count). The zero-order valence-corrected chi connectivity index (χ0v) is 12.3. The number of nitrogens with zero attached hydrogens (tertiary/aromatic N) is 1. The summed E-state index contributed by atoms with van der Waals surface area (Å²) in [6.07, 6.45) is 3.59. The van der Waals surface area contributed by atoms with Gasteiger partial charge in [0.1, 0.15) is 0 Å². The van der Waals surface area contributed by atoms with Crippen molar-refractivity contribution in [2.75, 3.05) is 13.7 Å². The first-order valence-corrected chi connectivity index (χ1v) is 7.12. The molecule has 20 heavy (non-hydrogen) atoms. The highest BCUT2D eigenvalue weighted by atomic mass is 35.5. The minimum Gasteiger partial charge on any atom is -0.491 e. The molecule has 106 valence electrons. The number of aryl methyl sites for hydroxylation is 1. The van der Waals surface area contributed by atoms with Gasteiger partial charge >= 0.3 is 0 Å². The van der Waals surface area contributed by atoms with Crippen molar-refractivity contribution >= 4 is 11.6 Å². The highest BCUT2D eigenvalue weighted by molar-refractivity contribution is 6.16. The van der Waals surface area contributed by atoms with Crippen LogP contribution in [0.1, 0.15) is 17.7 Å². The summed E-state index contributed by atoms with van der Waals surface area (Å²) in [6.45, 7) is 0.636. The van der Waals surface area contributed by atoms with Crippen LogP contribution in [0.25, 0.3) is 0 Å². The lowest BCUT2D eigenvalue weighted by atomic mass is 10.1. The largest absolute Gasteiger partial charge is 0.491 e. The second-order valence-corrected chi connectivity index (χ2v) is 4.67. The van der Waals surface area contributed by atoms with Crippen LogP contribution in [0.3, 0.4) is 0 Å². The molecule has 0 radical (unpaired) electrons. The van der Waals surface area contributed by atoms with Gasteiger partial charge in [-0.3, -0.25) is 4.98 Å². The number of aromatic nitrogens is 1. The standard InChI is InChI=1S/C16H18ClNO2/c1-19-16-12-18-14(11-17)10-15(16)20-9-5-8-13-6-3-2-4-7-13/h2-4,6-7,10,12H,5,8-9,11H2,1H3. The van der Waals surface area contributed by atoms with Crippen LogP contribution in [0.5, 0.6) is 11.5 Å². The summed E-state index contributed by atoms with van der Waals surface area (Å²) < 4.78 is 11.0. The maximum absolute atomic E-state index is 5.78. The summed E-state index contributed by atoms with van der Waals surface area (Å²) in [6, 6.07) is 12.2. The lowest BCUT2D eigenvalue weighted by Crippen LogP contribution is -2.02. The Morgan fingerprint density at radius 1 is 1.15 bits per heavy atom. The lowest BCUT2D eigenvalue weighted by molar-refractivity contribution is 0.288. The monoisotopic (exact) mass is 291 g/mol. The summed E-state index contributed by atoms with van der Waals surface area (Å²) in [4.78, 5) is 4.17. The van der Waals surface area contributed by atoms with Crippen molar-refractivity contribution in [1.29, 1.82) is 0 Å². The van der Waals surface area contributed by atoms with E-state index in [4.69, 9.17) is 21.1 Å². The summed E-state index contributed by atoms with van der Waals surface area (Å²) in [5, 5.41) is 0. The molecule has 0 atom stereocenters. The van der Waals surface area contributed by atoms with Crippen molar-refractivity contribution in [3.8, 4) is 11.5 Å². The van der Waals surface area contributed by atoms with Crippen LogP contribution >= 0.6 is 11.6 Å². The molecule has 0 aliphatic carbocycles. The molecular formula is C16H18ClNO2. The first-order chi connectivity index (χ1) is 9.83. The van der Waals surface area contributed by atoms with Gasteiger partial charge in [-0.2, -0.15) is 0 Å². The summed E-state index contributed by atoms with van der Waals surface area (Å²) in [5.41, 5.74) is 2.10. The van der Waals surface area contributed by atoms with Gasteiger partial charge in [-0.05, 0) is 18.4 Å². The third-order valence-corrected chi connectivity index (χ3v) is 3.23. The van der Waals surface area contributed by atoms with Gasteiger partial charge in [0.05, 0.1) is 31.5 Å². The highest BCUT2D eigenvalue weighted by Crippen LogP contribution is 2.27. The van der Waals surface area contributed by atoms with Gasteiger partial charge in [0.15, 0.2) is 11.5 Å². The number of pyridine rings is 1. The molecule has 0 spiro atoms. The highest BCUT2D eigenvalue weighted by Gasteiger charge is 2.06. The van der Waals surface area contributed by atoms with E-state index in [1.165, 1.54) is 5.56 Å². The average Bonchev–Trinajstić information content (AvgIpc) is 2.52. The number of hydrogen-bond acceptors (Lipinski definition) is 3. The maximum atomic E-state index is 5.78. The predicted octanol–water partition coefficient (Wildman–Crippen LogP) is 3.84. The van der Waals surface area contributed by atoms with Gasteiger partial charge < -0.3 is 9.47 Å². The molecule has 4 heteroatoms. The molecule has 0 aliphatic rings. The third kappa shape index (κ3) is 4.14. The number of benzene rings is 1. The van der Waals surface area contributed by atoms with Gasteiger partial charge in [0, 0.05) is 6.07 Å². The molecule has 0 amide bonds. The van der Waals surface area contributed by atoms with Gasteiger partial charge in [0.25, 0.3) is 0 Å². The second-order valence-electron chi connectivity index (χ2n) is 4.40. The average molecular weight is 292 g/mol. The lowest BCUT2D eigenvalue weighted by Gasteiger charge is -2.11. The van der Waals surface area contributed by atoms with Crippen LogP contribution in [0.4, 0.5) is 0 Å². The summed E-state index contributed by atoms with van der Waals surface area (Å²) in [5.74, 6) is 1.70. The number of rotatable bonds is 7. The zero-order chi connectivity index (χ0) is 14.2. The Morgan fingerprint density at radius 3 is 2.65 bits per heavy atom. The molecule has 0 saturated carbocycles.